The van der Waals surface area contributed by atoms with E-state index < -0.39 is 6.03 Å². The molecule has 0 unspecified atom stereocenters. The van der Waals surface area contributed by atoms with Crippen LogP contribution in [-0.2, 0) is 11.2 Å². The number of hydrogen-bond donors (Lipinski definition) is 3. The molecule has 0 aliphatic rings. The molecular formula is C17H19N3O3. The van der Waals surface area contributed by atoms with Gasteiger partial charge in [-0.3, -0.25) is 4.79 Å². The molecule has 0 spiro atoms. The highest BCUT2D eigenvalue weighted by molar-refractivity contribution is 5.93. The van der Waals surface area contributed by atoms with Crippen LogP contribution in [0.5, 0.6) is 5.75 Å². The summed E-state index contributed by atoms with van der Waals surface area (Å²) in [5, 5.41) is 5.26. The Kier molecular flexibility index (Phi) is 5.57. The molecule has 0 bridgehead atoms. The Morgan fingerprint density at radius 2 is 1.70 bits per heavy atom. The third-order valence-corrected chi connectivity index (χ3v) is 3.21. The van der Waals surface area contributed by atoms with Crippen molar-refractivity contribution in [3.63, 3.8) is 0 Å². The summed E-state index contributed by atoms with van der Waals surface area (Å²) in [6, 6.07) is 13.8. The van der Waals surface area contributed by atoms with E-state index in [4.69, 9.17) is 10.5 Å². The molecule has 3 amide bonds. The first-order valence-electron chi connectivity index (χ1n) is 7.16. The summed E-state index contributed by atoms with van der Waals surface area (Å²) in [5.74, 6) is 0.689. The van der Waals surface area contributed by atoms with Gasteiger partial charge in [-0.25, -0.2) is 4.79 Å². The third kappa shape index (κ3) is 5.35. The van der Waals surface area contributed by atoms with Crippen molar-refractivity contribution in [1.82, 2.24) is 0 Å². The predicted molar refractivity (Wildman–Crippen MR) is 89.6 cm³/mol. The van der Waals surface area contributed by atoms with Gasteiger partial charge in [0.15, 0.2) is 0 Å². The fourth-order valence-corrected chi connectivity index (χ4v) is 2.09. The second-order valence-electron chi connectivity index (χ2n) is 4.97. The van der Waals surface area contributed by atoms with Crippen LogP contribution < -0.4 is 21.1 Å². The fraction of sp³-hybridized carbons (Fsp3) is 0.176. The summed E-state index contributed by atoms with van der Waals surface area (Å²) in [5.41, 5.74) is 7.26. The van der Waals surface area contributed by atoms with Crippen molar-refractivity contribution in [1.29, 1.82) is 0 Å². The first-order chi connectivity index (χ1) is 11.1. The highest BCUT2D eigenvalue weighted by Gasteiger charge is 2.05. The van der Waals surface area contributed by atoms with Crippen molar-refractivity contribution >= 4 is 23.3 Å². The van der Waals surface area contributed by atoms with Crippen molar-refractivity contribution in [3.05, 3.63) is 54.1 Å². The highest BCUT2D eigenvalue weighted by Crippen LogP contribution is 2.16. The number of aryl methyl sites for hydroxylation is 1. The van der Waals surface area contributed by atoms with E-state index in [0.717, 1.165) is 11.3 Å². The largest absolute Gasteiger partial charge is 0.497 e. The second-order valence-corrected chi connectivity index (χ2v) is 4.97. The van der Waals surface area contributed by atoms with Crippen LogP contribution in [0.3, 0.4) is 0 Å². The maximum absolute atomic E-state index is 12.0. The van der Waals surface area contributed by atoms with E-state index in [9.17, 15) is 9.59 Å². The van der Waals surface area contributed by atoms with Gasteiger partial charge in [0, 0.05) is 17.8 Å². The van der Waals surface area contributed by atoms with Crippen LogP contribution in [-0.4, -0.2) is 19.0 Å². The first-order valence-corrected chi connectivity index (χ1v) is 7.16. The topological polar surface area (TPSA) is 93.4 Å². The Bertz CT molecular complexity index is 684. The van der Waals surface area contributed by atoms with Gasteiger partial charge in [-0.2, -0.15) is 0 Å². The average Bonchev–Trinajstić information content (AvgIpc) is 2.53. The molecule has 23 heavy (non-hydrogen) atoms. The predicted octanol–water partition coefficient (Wildman–Crippen LogP) is 2.76. The number of primary amides is 1. The Morgan fingerprint density at radius 1 is 1.04 bits per heavy atom. The minimum absolute atomic E-state index is 0.1000. The molecule has 6 nitrogen and oxygen atoms in total. The van der Waals surface area contributed by atoms with Gasteiger partial charge in [-0.05, 0) is 42.3 Å². The van der Waals surface area contributed by atoms with Crippen molar-refractivity contribution in [2.24, 2.45) is 5.73 Å². The quantitative estimate of drug-likeness (QED) is 0.765. The number of urea groups is 1. The van der Waals surface area contributed by atoms with E-state index in [2.05, 4.69) is 10.6 Å². The number of amides is 3. The van der Waals surface area contributed by atoms with Crippen LogP contribution >= 0.6 is 0 Å². The van der Waals surface area contributed by atoms with Gasteiger partial charge in [0.2, 0.25) is 5.91 Å². The second kappa shape index (κ2) is 7.84. The van der Waals surface area contributed by atoms with Gasteiger partial charge < -0.3 is 21.1 Å². The minimum Gasteiger partial charge on any atom is -0.497 e. The van der Waals surface area contributed by atoms with Gasteiger partial charge in [0.25, 0.3) is 0 Å². The number of benzene rings is 2. The van der Waals surface area contributed by atoms with Crippen molar-refractivity contribution < 1.29 is 14.3 Å². The molecule has 2 aromatic carbocycles. The molecule has 0 heterocycles. The lowest BCUT2D eigenvalue weighted by Gasteiger charge is -2.08. The molecular weight excluding hydrogens is 294 g/mol. The van der Waals surface area contributed by atoms with Gasteiger partial charge >= 0.3 is 6.03 Å². The van der Waals surface area contributed by atoms with E-state index >= 15 is 0 Å². The monoisotopic (exact) mass is 313 g/mol. The van der Waals surface area contributed by atoms with Crippen LogP contribution in [0.15, 0.2) is 48.5 Å². The highest BCUT2D eigenvalue weighted by atomic mass is 16.5. The van der Waals surface area contributed by atoms with E-state index in [-0.39, 0.29) is 5.91 Å². The molecule has 0 aliphatic carbocycles. The molecule has 0 saturated carbocycles. The summed E-state index contributed by atoms with van der Waals surface area (Å²) in [6.45, 7) is 0. The number of methoxy groups -OCH3 is 1. The van der Waals surface area contributed by atoms with E-state index in [1.165, 1.54) is 0 Å². The Labute approximate surface area is 134 Å². The summed E-state index contributed by atoms with van der Waals surface area (Å²) in [6.07, 6.45) is 0.995. The Balaban J connectivity index is 1.87. The standard InChI is InChI=1S/C17H19N3O3/c1-23-15-8-5-12(6-9-15)7-10-16(21)19-13-3-2-4-14(11-13)20-17(18)22/h2-6,8-9,11H,7,10H2,1H3,(H,19,21)(H3,18,20,22). The molecule has 0 fully saturated rings. The minimum atomic E-state index is -0.645. The number of carbonyl (C=O) groups excluding carboxylic acids is 2. The van der Waals surface area contributed by atoms with E-state index in [1.54, 1.807) is 31.4 Å². The molecule has 2 aromatic rings. The summed E-state index contributed by atoms with van der Waals surface area (Å²) >= 11 is 0. The maximum Gasteiger partial charge on any atom is 0.316 e. The molecule has 0 aliphatic heterocycles. The van der Waals surface area contributed by atoms with Crippen molar-refractivity contribution in [2.45, 2.75) is 12.8 Å². The molecule has 6 heteroatoms. The summed E-state index contributed by atoms with van der Waals surface area (Å²) < 4.78 is 5.09. The van der Waals surface area contributed by atoms with Gasteiger partial charge in [-0.1, -0.05) is 18.2 Å². The van der Waals surface area contributed by atoms with E-state index in [0.29, 0.717) is 24.2 Å². The SMILES string of the molecule is COc1ccc(CCC(=O)Nc2cccc(NC(N)=O)c2)cc1. The number of rotatable bonds is 6. The average molecular weight is 313 g/mol. The third-order valence-electron chi connectivity index (χ3n) is 3.21. The van der Waals surface area contributed by atoms with Crippen molar-refractivity contribution in [2.75, 3.05) is 17.7 Å². The lowest BCUT2D eigenvalue weighted by Crippen LogP contribution is -2.19. The number of nitrogens with two attached hydrogens (primary N) is 1. The maximum atomic E-state index is 12.0. The Hall–Kier alpha value is -3.02. The van der Waals surface area contributed by atoms with Crippen LogP contribution in [0.1, 0.15) is 12.0 Å². The smallest absolute Gasteiger partial charge is 0.316 e. The number of nitrogens with one attached hydrogen (secondary N) is 2. The molecule has 120 valence electrons. The molecule has 0 aromatic heterocycles. The summed E-state index contributed by atoms with van der Waals surface area (Å²) in [4.78, 5) is 22.8. The molecule has 0 radical (unpaired) electrons. The number of carbonyl (C=O) groups is 2. The molecule has 4 N–H and O–H groups in total. The number of ether oxygens (including phenoxy) is 1. The zero-order valence-electron chi connectivity index (χ0n) is 12.8. The van der Waals surface area contributed by atoms with Crippen LogP contribution in [0.25, 0.3) is 0 Å². The zero-order chi connectivity index (χ0) is 16.7. The van der Waals surface area contributed by atoms with Crippen molar-refractivity contribution in [3.8, 4) is 5.75 Å². The van der Waals surface area contributed by atoms with E-state index in [1.807, 2.05) is 24.3 Å². The molecule has 2 rings (SSSR count). The fourth-order valence-electron chi connectivity index (χ4n) is 2.09. The lowest BCUT2D eigenvalue weighted by atomic mass is 10.1. The lowest BCUT2D eigenvalue weighted by molar-refractivity contribution is -0.116. The van der Waals surface area contributed by atoms with Crippen LogP contribution in [0.4, 0.5) is 16.2 Å². The number of anilines is 2. The zero-order valence-corrected chi connectivity index (χ0v) is 12.8. The molecule has 0 atom stereocenters. The number of hydrogen-bond acceptors (Lipinski definition) is 3. The van der Waals surface area contributed by atoms with Gasteiger partial charge in [0.05, 0.1) is 7.11 Å². The van der Waals surface area contributed by atoms with Gasteiger partial charge in [0.1, 0.15) is 5.75 Å². The first kappa shape index (κ1) is 16.4. The Morgan fingerprint density at radius 3 is 2.30 bits per heavy atom. The summed E-state index contributed by atoms with van der Waals surface area (Å²) in [7, 11) is 1.61. The van der Waals surface area contributed by atoms with Crippen LogP contribution in [0.2, 0.25) is 0 Å². The molecule has 0 saturated heterocycles. The van der Waals surface area contributed by atoms with Gasteiger partial charge in [-0.15, -0.1) is 0 Å². The van der Waals surface area contributed by atoms with Crippen LogP contribution in [0, 0.1) is 0 Å². The normalized spacial score (nSPS) is 9.96.